The first-order chi connectivity index (χ1) is 11.6. The fourth-order valence-electron chi connectivity index (χ4n) is 3.37. The van der Waals surface area contributed by atoms with Crippen molar-refractivity contribution in [2.75, 3.05) is 26.0 Å². The van der Waals surface area contributed by atoms with Gasteiger partial charge in [-0.15, -0.1) is 0 Å². The second kappa shape index (κ2) is 9.77. The number of methoxy groups -OCH3 is 1. The maximum Gasteiger partial charge on any atom is 0.227 e. The monoisotopic (exact) mass is 333 g/mol. The molecule has 0 heterocycles. The van der Waals surface area contributed by atoms with Crippen molar-refractivity contribution < 1.29 is 9.53 Å². The first kappa shape index (κ1) is 18.9. The molecule has 0 aliphatic heterocycles. The van der Waals surface area contributed by atoms with Gasteiger partial charge in [-0.25, -0.2) is 0 Å². The molecule has 1 unspecified atom stereocenters. The number of carbonyl (C=O) groups is 1. The van der Waals surface area contributed by atoms with Gasteiger partial charge >= 0.3 is 0 Å². The molecule has 0 aromatic heterocycles. The Morgan fingerprint density at radius 3 is 2.71 bits per heavy atom. The van der Waals surface area contributed by atoms with Crippen LogP contribution in [0.4, 0.5) is 5.69 Å². The van der Waals surface area contributed by atoms with Gasteiger partial charge in [0.05, 0.1) is 12.5 Å². The normalized spacial score (nSPS) is 17.0. The third-order valence-electron chi connectivity index (χ3n) is 4.92. The Morgan fingerprint density at radius 2 is 2.04 bits per heavy atom. The van der Waals surface area contributed by atoms with Crippen molar-refractivity contribution >= 4 is 11.6 Å². The molecule has 3 N–H and O–H groups in total. The molecule has 1 amide bonds. The van der Waals surface area contributed by atoms with Crippen LogP contribution in [-0.4, -0.2) is 43.7 Å². The molecule has 5 nitrogen and oxygen atoms in total. The van der Waals surface area contributed by atoms with Crippen LogP contribution in [0.2, 0.25) is 0 Å². The molecule has 1 aliphatic carbocycles. The molecule has 1 atom stereocenters. The molecule has 134 valence electrons. The number of carbonyl (C=O) groups excluding carboxylic acids is 1. The first-order valence-corrected chi connectivity index (χ1v) is 8.95. The Morgan fingerprint density at radius 1 is 1.33 bits per heavy atom. The highest BCUT2D eigenvalue weighted by atomic mass is 16.5. The zero-order valence-corrected chi connectivity index (χ0v) is 15.0. The van der Waals surface area contributed by atoms with Gasteiger partial charge in [0.2, 0.25) is 5.91 Å². The van der Waals surface area contributed by atoms with Crippen molar-refractivity contribution in [3.8, 4) is 0 Å². The molecule has 1 saturated carbocycles. The first-order valence-electron chi connectivity index (χ1n) is 8.95. The molecule has 0 spiro atoms. The summed E-state index contributed by atoms with van der Waals surface area (Å²) >= 11 is 0. The highest BCUT2D eigenvalue weighted by Gasteiger charge is 2.19. The SMILES string of the molecule is COC(CN)CC(=O)Nc1ccccc1CN(C)C1CCCCC1. The smallest absolute Gasteiger partial charge is 0.227 e. The van der Waals surface area contributed by atoms with Gasteiger partial charge in [-0.3, -0.25) is 9.69 Å². The lowest BCUT2D eigenvalue weighted by atomic mass is 9.94. The van der Waals surface area contributed by atoms with Crippen LogP contribution in [-0.2, 0) is 16.1 Å². The fourth-order valence-corrected chi connectivity index (χ4v) is 3.37. The van der Waals surface area contributed by atoms with E-state index in [2.05, 4.69) is 23.3 Å². The van der Waals surface area contributed by atoms with Crippen LogP contribution in [0.3, 0.4) is 0 Å². The Balaban J connectivity index is 1.97. The minimum atomic E-state index is -0.234. The maximum atomic E-state index is 12.2. The van der Waals surface area contributed by atoms with E-state index < -0.39 is 0 Å². The van der Waals surface area contributed by atoms with Crippen molar-refractivity contribution in [1.29, 1.82) is 0 Å². The number of para-hydroxylation sites is 1. The van der Waals surface area contributed by atoms with Gasteiger partial charge in [0.1, 0.15) is 0 Å². The van der Waals surface area contributed by atoms with Gasteiger partial charge in [0, 0.05) is 31.9 Å². The Labute approximate surface area is 145 Å². The minimum Gasteiger partial charge on any atom is -0.380 e. The van der Waals surface area contributed by atoms with Gasteiger partial charge in [0.15, 0.2) is 0 Å². The van der Waals surface area contributed by atoms with E-state index in [1.807, 2.05) is 18.2 Å². The van der Waals surface area contributed by atoms with Crippen molar-refractivity contribution in [1.82, 2.24) is 4.90 Å². The van der Waals surface area contributed by atoms with Gasteiger partial charge < -0.3 is 15.8 Å². The summed E-state index contributed by atoms with van der Waals surface area (Å²) in [7, 11) is 3.77. The van der Waals surface area contributed by atoms with Crippen LogP contribution in [0, 0.1) is 0 Å². The molecule has 1 aromatic carbocycles. The topological polar surface area (TPSA) is 67.6 Å². The zero-order valence-electron chi connectivity index (χ0n) is 15.0. The maximum absolute atomic E-state index is 12.2. The lowest BCUT2D eigenvalue weighted by molar-refractivity contribution is -0.118. The van der Waals surface area contributed by atoms with Crippen LogP contribution in [0.1, 0.15) is 44.1 Å². The molecule has 0 bridgehead atoms. The Hall–Kier alpha value is -1.43. The zero-order chi connectivity index (χ0) is 17.4. The number of amides is 1. The minimum absolute atomic E-state index is 0.0555. The molecule has 1 aromatic rings. The lowest BCUT2D eigenvalue weighted by Crippen LogP contribution is -2.33. The number of nitrogens with zero attached hydrogens (tertiary/aromatic N) is 1. The molecular weight excluding hydrogens is 302 g/mol. The predicted octanol–water partition coefficient (Wildman–Crippen LogP) is 2.75. The average molecular weight is 333 g/mol. The van der Waals surface area contributed by atoms with E-state index in [1.54, 1.807) is 7.11 Å². The summed E-state index contributed by atoms with van der Waals surface area (Å²) in [5, 5.41) is 3.02. The van der Waals surface area contributed by atoms with Crippen LogP contribution in [0.15, 0.2) is 24.3 Å². The number of hydrogen-bond acceptors (Lipinski definition) is 4. The largest absolute Gasteiger partial charge is 0.380 e. The van der Waals surface area contributed by atoms with Crippen molar-refractivity contribution in [3.63, 3.8) is 0 Å². The van der Waals surface area contributed by atoms with E-state index in [9.17, 15) is 4.79 Å². The number of hydrogen-bond donors (Lipinski definition) is 2. The second-order valence-electron chi connectivity index (χ2n) is 6.71. The fraction of sp³-hybridized carbons (Fsp3) is 0.632. The predicted molar refractivity (Wildman–Crippen MR) is 97.9 cm³/mol. The summed E-state index contributed by atoms with van der Waals surface area (Å²) in [5.74, 6) is -0.0555. The standard InChI is InChI=1S/C19H31N3O2/c1-22(16-9-4-3-5-10-16)14-15-8-6-7-11-18(15)21-19(23)12-17(13-20)24-2/h6-8,11,16-17H,3-5,9-10,12-14,20H2,1-2H3,(H,21,23). The van der Waals surface area contributed by atoms with E-state index in [-0.39, 0.29) is 18.4 Å². The van der Waals surface area contributed by atoms with E-state index in [1.165, 1.54) is 32.1 Å². The molecule has 2 rings (SSSR count). The molecular formula is C19H31N3O2. The van der Waals surface area contributed by atoms with E-state index in [4.69, 9.17) is 10.5 Å². The quantitative estimate of drug-likeness (QED) is 0.767. The van der Waals surface area contributed by atoms with E-state index >= 15 is 0 Å². The van der Waals surface area contributed by atoms with E-state index in [0.717, 1.165) is 17.8 Å². The Bertz CT molecular complexity index is 511. The van der Waals surface area contributed by atoms with Gasteiger partial charge in [0.25, 0.3) is 0 Å². The molecule has 5 heteroatoms. The van der Waals surface area contributed by atoms with Crippen molar-refractivity contribution in [3.05, 3.63) is 29.8 Å². The van der Waals surface area contributed by atoms with Gasteiger partial charge in [-0.2, -0.15) is 0 Å². The number of benzene rings is 1. The number of ether oxygens (including phenoxy) is 1. The van der Waals surface area contributed by atoms with Gasteiger partial charge in [-0.05, 0) is 31.5 Å². The molecule has 1 aliphatic rings. The van der Waals surface area contributed by atoms with Crippen LogP contribution < -0.4 is 11.1 Å². The molecule has 0 saturated heterocycles. The number of nitrogens with two attached hydrogens (primary N) is 1. The average Bonchev–Trinajstić information content (AvgIpc) is 2.62. The van der Waals surface area contributed by atoms with Crippen LogP contribution in [0.5, 0.6) is 0 Å². The highest BCUT2D eigenvalue weighted by molar-refractivity contribution is 5.91. The summed E-state index contributed by atoms with van der Waals surface area (Å²) in [5.41, 5.74) is 7.63. The number of nitrogens with one attached hydrogen (secondary N) is 1. The third-order valence-corrected chi connectivity index (χ3v) is 4.92. The number of anilines is 1. The molecule has 24 heavy (non-hydrogen) atoms. The Kier molecular flexibility index (Phi) is 7.69. The lowest BCUT2D eigenvalue weighted by Gasteiger charge is -2.31. The van der Waals surface area contributed by atoms with Gasteiger partial charge in [-0.1, -0.05) is 37.5 Å². The van der Waals surface area contributed by atoms with Crippen molar-refractivity contribution in [2.24, 2.45) is 5.73 Å². The molecule has 0 radical (unpaired) electrons. The third kappa shape index (κ3) is 5.58. The summed E-state index contributed by atoms with van der Waals surface area (Å²) < 4.78 is 5.19. The number of rotatable bonds is 8. The second-order valence-corrected chi connectivity index (χ2v) is 6.71. The molecule has 1 fully saturated rings. The summed E-state index contributed by atoms with van der Waals surface area (Å²) in [6.45, 7) is 1.20. The van der Waals surface area contributed by atoms with Crippen LogP contribution in [0.25, 0.3) is 0 Å². The van der Waals surface area contributed by atoms with Crippen LogP contribution >= 0.6 is 0 Å². The summed E-state index contributed by atoms with van der Waals surface area (Å²) in [6, 6.07) is 8.68. The van der Waals surface area contributed by atoms with Crippen molar-refractivity contribution in [2.45, 2.75) is 57.2 Å². The summed E-state index contributed by atoms with van der Waals surface area (Å²) in [6.07, 6.45) is 6.60. The summed E-state index contributed by atoms with van der Waals surface area (Å²) in [4.78, 5) is 14.6. The van der Waals surface area contributed by atoms with E-state index in [0.29, 0.717) is 12.6 Å². The highest BCUT2D eigenvalue weighted by Crippen LogP contribution is 2.25.